The molecule has 0 unspecified atom stereocenters. The number of carbonyl (C=O) groups is 2. The van der Waals surface area contributed by atoms with Crippen molar-refractivity contribution in [3.8, 4) is 5.75 Å². The number of aryl methyl sites for hydroxylation is 1. The van der Waals surface area contributed by atoms with Crippen molar-refractivity contribution in [2.24, 2.45) is 0 Å². The zero-order valence-corrected chi connectivity index (χ0v) is 21.9. The Balaban J connectivity index is 1.08. The second-order valence-electron chi connectivity index (χ2n) is 9.84. The van der Waals surface area contributed by atoms with E-state index in [9.17, 15) is 9.59 Å². The number of urea groups is 1. The molecule has 3 amide bonds. The first-order valence-corrected chi connectivity index (χ1v) is 13.5. The van der Waals surface area contributed by atoms with Crippen LogP contribution in [0.25, 0.3) is 0 Å². The molecule has 6 rings (SSSR count). The number of carbonyl (C=O) groups excluding carboxylic acids is 2. The zero-order chi connectivity index (χ0) is 25.5. The number of aromatic nitrogens is 2. The number of nitrogens with zero attached hydrogens (tertiary/aromatic N) is 5. The standard InChI is InChI=1S/C27H30N6O3S/c1-17-11-19-14-32(15-24(19)37-17)26(34)23-13-25(29-16-28-23)31-8-6-20(7-9-31)33-10-5-18-12-21(36-2)3-4-22(18)30-27(33)35/h3-4,11-13,16,20H,5-10,14-15H2,1-2H3,(H,30,35). The van der Waals surface area contributed by atoms with E-state index in [0.29, 0.717) is 25.3 Å². The van der Waals surface area contributed by atoms with Crippen LogP contribution in [0.1, 0.15) is 44.2 Å². The van der Waals surface area contributed by atoms with Gasteiger partial charge < -0.3 is 24.8 Å². The molecule has 0 atom stereocenters. The number of piperidine rings is 1. The zero-order valence-electron chi connectivity index (χ0n) is 21.1. The van der Waals surface area contributed by atoms with E-state index in [0.717, 1.165) is 55.2 Å². The van der Waals surface area contributed by atoms with Crippen molar-refractivity contribution in [2.45, 2.75) is 45.3 Å². The first kappa shape index (κ1) is 23.7. The predicted octanol–water partition coefficient (Wildman–Crippen LogP) is 4.07. The number of hydrogen-bond acceptors (Lipinski definition) is 7. The maximum Gasteiger partial charge on any atom is 0.322 e. The van der Waals surface area contributed by atoms with Gasteiger partial charge in [0.15, 0.2) is 0 Å². The van der Waals surface area contributed by atoms with Gasteiger partial charge in [-0.25, -0.2) is 14.8 Å². The molecule has 0 spiro atoms. The Hall–Kier alpha value is -3.66. The van der Waals surface area contributed by atoms with Crippen LogP contribution < -0.4 is 15.0 Å². The Bertz CT molecular complexity index is 1330. The molecule has 1 N–H and O–H groups in total. The Morgan fingerprint density at radius 2 is 1.92 bits per heavy atom. The van der Waals surface area contributed by atoms with Gasteiger partial charge in [0.2, 0.25) is 0 Å². The molecule has 3 aliphatic heterocycles. The quantitative estimate of drug-likeness (QED) is 0.560. The Kier molecular flexibility index (Phi) is 6.19. The van der Waals surface area contributed by atoms with Crippen LogP contribution in [0.2, 0.25) is 0 Å². The molecule has 0 radical (unpaired) electrons. The number of rotatable bonds is 4. The molecule has 3 aliphatic rings. The summed E-state index contributed by atoms with van der Waals surface area (Å²) in [5.41, 5.74) is 3.62. The molecular formula is C27H30N6O3S. The van der Waals surface area contributed by atoms with Gasteiger partial charge in [0, 0.05) is 53.7 Å². The molecule has 10 heteroatoms. The minimum absolute atomic E-state index is 0.0494. The number of methoxy groups -OCH3 is 1. The lowest BCUT2D eigenvalue weighted by molar-refractivity contribution is 0.0746. The third-order valence-corrected chi connectivity index (χ3v) is 8.62. The first-order valence-electron chi connectivity index (χ1n) is 12.7. The molecule has 5 heterocycles. The third-order valence-electron chi connectivity index (χ3n) is 7.54. The lowest BCUT2D eigenvalue weighted by Crippen LogP contribution is -2.49. The molecule has 192 valence electrons. The van der Waals surface area contributed by atoms with E-state index < -0.39 is 0 Å². The SMILES string of the molecule is COc1ccc2c(c1)CCN(C1CCN(c3cc(C(=O)N4Cc5cc(C)sc5C4)ncn3)CC1)C(=O)N2. The molecule has 2 aromatic heterocycles. The molecule has 0 aliphatic carbocycles. The second kappa shape index (κ2) is 9.66. The van der Waals surface area contributed by atoms with Gasteiger partial charge in [-0.3, -0.25) is 4.79 Å². The van der Waals surface area contributed by atoms with Gasteiger partial charge in [0.1, 0.15) is 23.6 Å². The molecule has 1 saturated heterocycles. The number of ether oxygens (including phenoxy) is 1. The van der Waals surface area contributed by atoms with E-state index in [4.69, 9.17) is 4.74 Å². The third kappa shape index (κ3) is 4.61. The Morgan fingerprint density at radius 1 is 1.08 bits per heavy atom. The van der Waals surface area contributed by atoms with Crippen molar-refractivity contribution in [3.05, 3.63) is 63.2 Å². The summed E-state index contributed by atoms with van der Waals surface area (Å²) in [6, 6.07) is 9.87. The molecule has 0 bridgehead atoms. The molecule has 9 nitrogen and oxygen atoms in total. The van der Waals surface area contributed by atoms with E-state index in [1.807, 2.05) is 34.1 Å². The molecule has 1 aromatic carbocycles. The van der Waals surface area contributed by atoms with Crippen LogP contribution >= 0.6 is 11.3 Å². The lowest BCUT2D eigenvalue weighted by Gasteiger charge is -2.38. The summed E-state index contributed by atoms with van der Waals surface area (Å²) in [6.45, 7) is 5.58. The van der Waals surface area contributed by atoms with Crippen molar-refractivity contribution in [2.75, 3.05) is 37.0 Å². The van der Waals surface area contributed by atoms with E-state index in [1.54, 1.807) is 18.4 Å². The van der Waals surface area contributed by atoms with Crippen molar-refractivity contribution >= 4 is 34.8 Å². The van der Waals surface area contributed by atoms with Gasteiger partial charge in [-0.2, -0.15) is 0 Å². The number of hydrogen-bond donors (Lipinski definition) is 1. The molecule has 37 heavy (non-hydrogen) atoms. The van der Waals surface area contributed by atoms with Crippen LogP contribution in [-0.2, 0) is 19.5 Å². The van der Waals surface area contributed by atoms with Crippen LogP contribution in [-0.4, -0.2) is 64.5 Å². The van der Waals surface area contributed by atoms with Crippen LogP contribution in [0, 0.1) is 6.92 Å². The minimum Gasteiger partial charge on any atom is -0.497 e. The summed E-state index contributed by atoms with van der Waals surface area (Å²) in [5, 5.41) is 3.07. The average Bonchev–Trinajstić information content (AvgIpc) is 3.41. The largest absolute Gasteiger partial charge is 0.497 e. The van der Waals surface area contributed by atoms with Crippen molar-refractivity contribution in [3.63, 3.8) is 0 Å². The lowest BCUT2D eigenvalue weighted by atomic mass is 10.0. The molecule has 1 fully saturated rings. The number of thiophene rings is 1. The highest BCUT2D eigenvalue weighted by Gasteiger charge is 2.31. The summed E-state index contributed by atoms with van der Waals surface area (Å²) in [4.78, 5) is 43.5. The summed E-state index contributed by atoms with van der Waals surface area (Å²) in [6.07, 6.45) is 3.95. The van der Waals surface area contributed by atoms with Crippen LogP contribution in [0.3, 0.4) is 0 Å². The minimum atomic E-state index is -0.0583. The van der Waals surface area contributed by atoms with Crippen LogP contribution in [0.15, 0.2) is 36.7 Å². The summed E-state index contributed by atoms with van der Waals surface area (Å²) >= 11 is 1.76. The van der Waals surface area contributed by atoms with Gasteiger partial charge in [-0.05, 0) is 61.6 Å². The van der Waals surface area contributed by atoms with Gasteiger partial charge in [-0.15, -0.1) is 11.3 Å². The van der Waals surface area contributed by atoms with E-state index >= 15 is 0 Å². The van der Waals surface area contributed by atoms with Gasteiger partial charge >= 0.3 is 6.03 Å². The van der Waals surface area contributed by atoms with Gasteiger partial charge in [0.05, 0.1) is 13.7 Å². The van der Waals surface area contributed by atoms with E-state index in [-0.39, 0.29) is 18.0 Å². The maximum atomic E-state index is 13.2. The highest BCUT2D eigenvalue weighted by molar-refractivity contribution is 7.12. The number of anilines is 2. The molecule has 0 saturated carbocycles. The fourth-order valence-electron chi connectivity index (χ4n) is 5.57. The highest BCUT2D eigenvalue weighted by atomic mass is 32.1. The van der Waals surface area contributed by atoms with Crippen molar-refractivity contribution in [1.29, 1.82) is 0 Å². The molecule has 3 aromatic rings. The highest BCUT2D eigenvalue weighted by Crippen LogP contribution is 2.32. The monoisotopic (exact) mass is 518 g/mol. The van der Waals surface area contributed by atoms with Crippen LogP contribution in [0.5, 0.6) is 5.75 Å². The second-order valence-corrected chi connectivity index (χ2v) is 11.2. The number of nitrogens with one attached hydrogen (secondary N) is 1. The number of amides is 3. The van der Waals surface area contributed by atoms with E-state index in [1.165, 1.54) is 21.6 Å². The smallest absolute Gasteiger partial charge is 0.322 e. The molecular weight excluding hydrogens is 488 g/mol. The summed E-state index contributed by atoms with van der Waals surface area (Å²) in [7, 11) is 1.65. The topological polar surface area (TPSA) is 90.9 Å². The summed E-state index contributed by atoms with van der Waals surface area (Å²) in [5.74, 6) is 1.51. The van der Waals surface area contributed by atoms with Crippen LogP contribution in [0.4, 0.5) is 16.3 Å². The first-order chi connectivity index (χ1) is 18.0. The predicted molar refractivity (Wildman–Crippen MR) is 142 cm³/mol. The van der Waals surface area contributed by atoms with Gasteiger partial charge in [0.25, 0.3) is 5.91 Å². The Labute approximate surface area is 220 Å². The van der Waals surface area contributed by atoms with Crippen molar-refractivity contribution < 1.29 is 14.3 Å². The number of fused-ring (bicyclic) bond motifs is 2. The fraction of sp³-hybridized carbons (Fsp3) is 0.407. The average molecular weight is 519 g/mol. The van der Waals surface area contributed by atoms with Gasteiger partial charge in [-0.1, -0.05) is 0 Å². The maximum absolute atomic E-state index is 13.2. The van der Waals surface area contributed by atoms with E-state index in [2.05, 4.69) is 33.2 Å². The summed E-state index contributed by atoms with van der Waals surface area (Å²) < 4.78 is 5.35. The normalized spacial score (nSPS) is 17.8. The fourth-order valence-corrected chi connectivity index (χ4v) is 6.64. The van der Waals surface area contributed by atoms with Crippen molar-refractivity contribution in [1.82, 2.24) is 19.8 Å². The Morgan fingerprint density at radius 3 is 2.70 bits per heavy atom. The number of benzene rings is 1.